The van der Waals surface area contributed by atoms with Crippen molar-refractivity contribution in [2.24, 2.45) is 5.41 Å². The van der Waals surface area contributed by atoms with Gasteiger partial charge in [0.15, 0.2) is 5.82 Å². The molecule has 0 bridgehead atoms. The number of fused-ring (bicyclic) bond motifs is 2. The molecule has 1 aliphatic carbocycles. The first-order valence-corrected chi connectivity index (χ1v) is 11.2. The molecular weight excluding hydrogens is 439 g/mol. The van der Waals surface area contributed by atoms with Gasteiger partial charge in [-0.1, -0.05) is 13.8 Å². The number of hydrogen-bond donors (Lipinski definition) is 2. The number of nitrogens with one attached hydrogen (secondary N) is 2. The molecule has 0 unspecified atom stereocenters. The molecule has 1 fully saturated rings. The van der Waals surface area contributed by atoms with E-state index in [1.165, 1.54) is 41.7 Å². The lowest BCUT2D eigenvalue weighted by Crippen LogP contribution is -2.30. The molecule has 0 aliphatic heterocycles. The molecule has 4 aromatic heterocycles. The highest BCUT2D eigenvalue weighted by atomic mass is 19.1. The van der Waals surface area contributed by atoms with Gasteiger partial charge in [-0.2, -0.15) is 4.98 Å². The SMILES string of the molecule is CNC(=O)c1cnc2ncc(-c3c(F)cn4nc(NC5CCC(C)(C)CC5)nc(OC)c34)cn12. The van der Waals surface area contributed by atoms with Crippen LogP contribution in [0.5, 0.6) is 5.88 Å². The Kier molecular flexibility index (Phi) is 5.34. The average molecular weight is 467 g/mol. The number of amides is 1. The molecule has 5 rings (SSSR count). The summed E-state index contributed by atoms with van der Waals surface area (Å²) in [5, 5.41) is 10.5. The summed E-state index contributed by atoms with van der Waals surface area (Å²) in [4.78, 5) is 25.1. The predicted molar refractivity (Wildman–Crippen MR) is 125 cm³/mol. The van der Waals surface area contributed by atoms with Crippen molar-refractivity contribution in [2.75, 3.05) is 19.5 Å². The van der Waals surface area contributed by atoms with Crippen molar-refractivity contribution >= 4 is 23.1 Å². The van der Waals surface area contributed by atoms with Crippen molar-refractivity contribution in [2.45, 2.75) is 45.6 Å². The van der Waals surface area contributed by atoms with E-state index in [4.69, 9.17) is 4.74 Å². The summed E-state index contributed by atoms with van der Waals surface area (Å²) < 4.78 is 23.7. The Labute approximate surface area is 195 Å². The second-order valence-electron chi connectivity index (χ2n) is 9.41. The smallest absolute Gasteiger partial charge is 0.269 e. The van der Waals surface area contributed by atoms with E-state index in [0.717, 1.165) is 25.7 Å². The number of nitrogens with zero attached hydrogens (tertiary/aromatic N) is 6. The first-order chi connectivity index (χ1) is 16.3. The van der Waals surface area contributed by atoms with E-state index in [0.29, 0.717) is 33.9 Å². The number of halogens is 1. The highest BCUT2D eigenvalue weighted by Crippen LogP contribution is 2.37. The van der Waals surface area contributed by atoms with Gasteiger partial charge >= 0.3 is 0 Å². The number of carbonyl (C=O) groups excluding carboxylic acids is 1. The maximum atomic E-state index is 15.2. The first kappa shape index (κ1) is 22.1. The van der Waals surface area contributed by atoms with E-state index in [1.807, 2.05) is 0 Å². The Balaban J connectivity index is 1.55. The van der Waals surface area contributed by atoms with Gasteiger partial charge in [0.05, 0.1) is 25.1 Å². The first-order valence-electron chi connectivity index (χ1n) is 11.2. The van der Waals surface area contributed by atoms with Crippen LogP contribution in [0.15, 0.2) is 24.8 Å². The molecule has 4 heterocycles. The highest BCUT2D eigenvalue weighted by molar-refractivity contribution is 5.93. The van der Waals surface area contributed by atoms with Crippen molar-refractivity contribution in [1.29, 1.82) is 0 Å². The average Bonchev–Trinajstić information content (AvgIpc) is 3.39. The third kappa shape index (κ3) is 3.80. The lowest BCUT2D eigenvalue weighted by atomic mass is 9.76. The van der Waals surface area contributed by atoms with Crippen LogP contribution in [-0.4, -0.2) is 55.1 Å². The van der Waals surface area contributed by atoms with Crippen LogP contribution in [0.2, 0.25) is 0 Å². The zero-order valence-electron chi connectivity index (χ0n) is 19.6. The van der Waals surface area contributed by atoms with Crippen LogP contribution >= 0.6 is 0 Å². The molecule has 0 atom stereocenters. The summed E-state index contributed by atoms with van der Waals surface area (Å²) in [5.74, 6) is 0.130. The van der Waals surface area contributed by atoms with E-state index in [1.54, 1.807) is 6.20 Å². The monoisotopic (exact) mass is 466 g/mol. The van der Waals surface area contributed by atoms with E-state index in [2.05, 4.69) is 44.5 Å². The molecule has 0 aromatic carbocycles. The largest absolute Gasteiger partial charge is 0.479 e. The molecule has 1 aliphatic rings. The van der Waals surface area contributed by atoms with Crippen LogP contribution in [-0.2, 0) is 0 Å². The molecule has 10 nitrogen and oxygen atoms in total. The fourth-order valence-corrected chi connectivity index (χ4v) is 4.52. The minimum absolute atomic E-state index is 0.230. The quantitative estimate of drug-likeness (QED) is 0.464. The van der Waals surface area contributed by atoms with Crippen LogP contribution in [0.1, 0.15) is 50.0 Å². The van der Waals surface area contributed by atoms with E-state index in [9.17, 15) is 4.79 Å². The number of aromatic nitrogens is 6. The van der Waals surface area contributed by atoms with Crippen molar-refractivity contribution < 1.29 is 13.9 Å². The highest BCUT2D eigenvalue weighted by Gasteiger charge is 2.28. The van der Waals surface area contributed by atoms with Crippen molar-refractivity contribution in [3.63, 3.8) is 0 Å². The van der Waals surface area contributed by atoms with Gasteiger partial charge in [0.1, 0.15) is 11.2 Å². The van der Waals surface area contributed by atoms with Crippen molar-refractivity contribution in [1.82, 2.24) is 34.3 Å². The summed E-state index contributed by atoms with van der Waals surface area (Å²) in [5.41, 5.74) is 1.68. The van der Waals surface area contributed by atoms with Crippen molar-refractivity contribution in [3.05, 3.63) is 36.3 Å². The van der Waals surface area contributed by atoms with E-state index >= 15 is 4.39 Å². The predicted octanol–water partition coefficient (Wildman–Crippen LogP) is 3.33. The maximum Gasteiger partial charge on any atom is 0.269 e. The van der Waals surface area contributed by atoms with Gasteiger partial charge in [-0.05, 0) is 31.1 Å². The van der Waals surface area contributed by atoms with Crippen LogP contribution in [0.3, 0.4) is 0 Å². The molecular formula is C23H27FN8O2. The Bertz CT molecular complexity index is 1380. The maximum absolute atomic E-state index is 15.2. The zero-order valence-corrected chi connectivity index (χ0v) is 19.6. The van der Waals surface area contributed by atoms with E-state index < -0.39 is 5.82 Å². The minimum Gasteiger partial charge on any atom is -0.479 e. The van der Waals surface area contributed by atoms with Gasteiger partial charge in [-0.25, -0.2) is 18.9 Å². The van der Waals surface area contributed by atoms with Crippen LogP contribution in [0.4, 0.5) is 10.3 Å². The third-order valence-corrected chi connectivity index (χ3v) is 6.53. The minimum atomic E-state index is -0.507. The zero-order chi connectivity index (χ0) is 24.0. The normalized spacial score (nSPS) is 16.1. The number of anilines is 1. The standard InChI is InChI=1S/C23H27FN8O2/c1-23(2)7-5-14(6-8-23)28-21-29-20(34-4)18-17(15(24)12-32(18)30-21)13-9-26-22-27-10-16(19(33)25-3)31(22)11-13/h9-12,14H,5-8H2,1-4H3,(H,25,33)(H,28,30). The Hall–Kier alpha value is -3.76. The summed E-state index contributed by atoms with van der Waals surface area (Å²) in [6.07, 6.45) is 10.1. The second kappa shape index (κ2) is 8.23. The van der Waals surface area contributed by atoms with Gasteiger partial charge in [-0.15, -0.1) is 5.10 Å². The number of carbonyl (C=O) groups is 1. The fraction of sp³-hybridized carbons (Fsp3) is 0.435. The van der Waals surface area contributed by atoms with Gasteiger partial charge < -0.3 is 15.4 Å². The summed E-state index contributed by atoms with van der Waals surface area (Å²) in [7, 11) is 3.02. The number of rotatable bonds is 5. The summed E-state index contributed by atoms with van der Waals surface area (Å²) >= 11 is 0. The fourth-order valence-electron chi connectivity index (χ4n) is 4.52. The Morgan fingerprint density at radius 1 is 1.21 bits per heavy atom. The van der Waals surface area contributed by atoms with Crippen LogP contribution < -0.4 is 15.4 Å². The molecule has 34 heavy (non-hydrogen) atoms. The van der Waals surface area contributed by atoms with Gasteiger partial charge in [0.2, 0.25) is 17.6 Å². The molecule has 11 heteroatoms. The molecule has 1 saturated carbocycles. The lowest BCUT2D eigenvalue weighted by Gasteiger charge is -2.34. The number of methoxy groups -OCH3 is 1. The molecule has 0 saturated heterocycles. The third-order valence-electron chi connectivity index (χ3n) is 6.53. The van der Waals surface area contributed by atoms with Gasteiger partial charge in [0, 0.05) is 31.0 Å². The van der Waals surface area contributed by atoms with Gasteiger partial charge in [-0.3, -0.25) is 9.20 Å². The summed E-state index contributed by atoms with van der Waals surface area (Å²) in [6, 6.07) is 0.256. The van der Waals surface area contributed by atoms with Crippen LogP contribution in [0, 0.1) is 11.2 Å². The molecule has 2 N–H and O–H groups in total. The number of imidazole rings is 1. The molecule has 4 aromatic rings. The molecule has 1 amide bonds. The Morgan fingerprint density at radius 3 is 2.65 bits per heavy atom. The van der Waals surface area contributed by atoms with E-state index in [-0.39, 0.29) is 23.4 Å². The number of hydrogen-bond acceptors (Lipinski definition) is 7. The van der Waals surface area contributed by atoms with Crippen molar-refractivity contribution in [3.8, 4) is 17.0 Å². The lowest BCUT2D eigenvalue weighted by molar-refractivity contribution is 0.0957. The molecule has 0 radical (unpaired) electrons. The van der Waals surface area contributed by atoms with Gasteiger partial charge in [0.25, 0.3) is 5.91 Å². The topological polar surface area (TPSA) is 111 Å². The number of ether oxygens (including phenoxy) is 1. The summed E-state index contributed by atoms with van der Waals surface area (Å²) in [6.45, 7) is 4.57. The second-order valence-corrected chi connectivity index (χ2v) is 9.41. The van der Waals surface area contributed by atoms with Crippen LogP contribution in [0.25, 0.3) is 22.4 Å². The Morgan fingerprint density at radius 2 is 1.94 bits per heavy atom. The molecule has 0 spiro atoms. The molecule has 178 valence electrons.